The summed E-state index contributed by atoms with van der Waals surface area (Å²) in [5.74, 6) is -0.430. The van der Waals surface area contributed by atoms with Crippen molar-refractivity contribution in [2.24, 2.45) is 0 Å². The van der Waals surface area contributed by atoms with Crippen LogP contribution in [0.15, 0.2) is 9.70 Å². The molecule has 3 rings (SSSR count). The van der Waals surface area contributed by atoms with E-state index in [0.29, 0.717) is 33.3 Å². The molecule has 1 amide bonds. The number of carbonyl (C=O) groups is 2. The van der Waals surface area contributed by atoms with E-state index >= 15 is 0 Å². The highest BCUT2D eigenvalue weighted by molar-refractivity contribution is 8.26. The van der Waals surface area contributed by atoms with Crippen molar-refractivity contribution in [2.75, 3.05) is 24.5 Å². The molecule has 0 bridgehead atoms. The smallest absolute Gasteiger partial charge is 0.303 e. The lowest BCUT2D eigenvalue weighted by molar-refractivity contribution is -0.137. The van der Waals surface area contributed by atoms with Gasteiger partial charge in [0.1, 0.15) is 21.8 Å². The van der Waals surface area contributed by atoms with Crippen molar-refractivity contribution in [2.45, 2.75) is 58.9 Å². The van der Waals surface area contributed by atoms with E-state index in [1.165, 1.54) is 16.7 Å². The van der Waals surface area contributed by atoms with E-state index in [2.05, 4.69) is 11.0 Å². The maximum absolute atomic E-state index is 13.1. The predicted molar refractivity (Wildman–Crippen MR) is 133 cm³/mol. The van der Waals surface area contributed by atoms with Crippen LogP contribution in [0.5, 0.6) is 0 Å². The summed E-state index contributed by atoms with van der Waals surface area (Å²) in [5.41, 5.74) is 1.06. The molecular weight excluding hydrogens is 460 g/mol. The van der Waals surface area contributed by atoms with Gasteiger partial charge in [-0.05, 0) is 50.7 Å². The second kappa shape index (κ2) is 11.0. The molecule has 1 aromatic heterocycles. The third-order valence-electron chi connectivity index (χ3n) is 5.87. The van der Waals surface area contributed by atoms with Gasteiger partial charge in [0.05, 0.1) is 4.91 Å². The van der Waals surface area contributed by atoms with Crippen LogP contribution in [0.3, 0.4) is 0 Å². The number of thioether (sulfide) groups is 1. The molecule has 0 radical (unpaired) electrons. The highest BCUT2D eigenvalue weighted by atomic mass is 32.2. The number of anilines is 1. The predicted octanol–water partition coefficient (Wildman–Crippen LogP) is 3.49. The number of amides is 1. The first-order valence-corrected chi connectivity index (χ1v) is 12.4. The molecule has 1 N–H and O–H groups in total. The summed E-state index contributed by atoms with van der Waals surface area (Å²) < 4.78 is 2.06. The lowest BCUT2D eigenvalue weighted by Gasteiger charge is -2.33. The van der Waals surface area contributed by atoms with E-state index in [1.807, 2.05) is 6.92 Å². The number of aliphatic carboxylic acids is 1. The molecule has 1 aromatic rings. The number of piperidine rings is 1. The third kappa shape index (κ3) is 5.31. The average molecular weight is 489 g/mol. The molecule has 8 nitrogen and oxygen atoms in total. The van der Waals surface area contributed by atoms with Crippen molar-refractivity contribution < 1.29 is 14.7 Å². The van der Waals surface area contributed by atoms with Gasteiger partial charge in [-0.15, -0.1) is 0 Å². The van der Waals surface area contributed by atoms with Gasteiger partial charge in [-0.25, -0.2) is 0 Å². The van der Waals surface area contributed by atoms with Crippen LogP contribution < -0.4 is 10.5 Å². The Labute approximate surface area is 202 Å². The monoisotopic (exact) mass is 488 g/mol. The normalized spacial score (nSPS) is 17.7. The fraction of sp³-hybridized carbons (Fsp3) is 0.522. The van der Waals surface area contributed by atoms with E-state index < -0.39 is 5.97 Å². The van der Waals surface area contributed by atoms with Crippen LogP contribution in [-0.4, -0.2) is 50.4 Å². The molecule has 0 atom stereocenters. The highest BCUT2D eigenvalue weighted by Gasteiger charge is 2.33. The third-order valence-corrected chi connectivity index (χ3v) is 7.25. The van der Waals surface area contributed by atoms with E-state index in [-0.39, 0.29) is 30.0 Å². The van der Waals surface area contributed by atoms with Crippen LogP contribution in [0.1, 0.15) is 62.1 Å². The van der Waals surface area contributed by atoms with Crippen LogP contribution in [0.25, 0.3) is 6.08 Å². The quantitative estimate of drug-likeness (QED) is 0.438. The molecule has 2 fully saturated rings. The lowest BCUT2D eigenvalue weighted by Crippen LogP contribution is -2.37. The van der Waals surface area contributed by atoms with Gasteiger partial charge in [0.2, 0.25) is 0 Å². The number of carboxylic acid groups (broad SMARTS) is 1. The van der Waals surface area contributed by atoms with Crippen molar-refractivity contribution in [3.63, 3.8) is 0 Å². The zero-order chi connectivity index (χ0) is 24.1. The summed E-state index contributed by atoms with van der Waals surface area (Å²) in [6.07, 6.45) is 5.93. The molecule has 10 heteroatoms. The second-order valence-corrected chi connectivity index (χ2v) is 9.86. The van der Waals surface area contributed by atoms with Gasteiger partial charge in [0.25, 0.3) is 11.5 Å². The van der Waals surface area contributed by atoms with Crippen LogP contribution in [0.2, 0.25) is 0 Å². The maximum atomic E-state index is 13.1. The zero-order valence-electron chi connectivity index (χ0n) is 18.9. The highest BCUT2D eigenvalue weighted by Crippen LogP contribution is 2.36. The van der Waals surface area contributed by atoms with E-state index in [0.717, 1.165) is 44.6 Å². The zero-order valence-corrected chi connectivity index (χ0v) is 20.6. The molecule has 0 aliphatic carbocycles. The first-order chi connectivity index (χ1) is 15.8. The number of carboxylic acids is 1. The minimum Gasteiger partial charge on any atom is -0.481 e. The molecule has 0 unspecified atom stereocenters. The van der Waals surface area contributed by atoms with Gasteiger partial charge in [0, 0.05) is 38.2 Å². The Kier molecular flexibility index (Phi) is 8.32. The molecule has 0 saturated carbocycles. The van der Waals surface area contributed by atoms with Gasteiger partial charge in [-0.2, -0.15) is 5.26 Å². The molecular formula is C23H28N4O4S2. The Hall–Kier alpha value is -2.64. The summed E-state index contributed by atoms with van der Waals surface area (Å²) in [6, 6.07) is 2.06. The topological polar surface area (TPSA) is 107 Å². The van der Waals surface area contributed by atoms with Crippen molar-refractivity contribution in [1.29, 1.82) is 5.26 Å². The minimum atomic E-state index is -0.917. The number of aromatic nitrogens is 1. The lowest BCUT2D eigenvalue weighted by atomic mass is 10.0. The number of pyridine rings is 1. The first-order valence-electron chi connectivity index (χ1n) is 11.2. The van der Waals surface area contributed by atoms with Crippen LogP contribution >= 0.6 is 24.0 Å². The molecule has 33 heavy (non-hydrogen) atoms. The number of thiocarbonyl (C=S) groups is 1. The Morgan fingerprint density at radius 3 is 2.55 bits per heavy atom. The van der Waals surface area contributed by atoms with Gasteiger partial charge in [-0.3, -0.25) is 23.9 Å². The minimum absolute atomic E-state index is 0.0398. The summed E-state index contributed by atoms with van der Waals surface area (Å²) >= 11 is 6.55. The average Bonchev–Trinajstić information content (AvgIpc) is 3.05. The van der Waals surface area contributed by atoms with Gasteiger partial charge in [-0.1, -0.05) is 30.9 Å². The number of nitriles is 1. The largest absolute Gasteiger partial charge is 0.481 e. The molecule has 2 saturated heterocycles. The second-order valence-electron chi connectivity index (χ2n) is 8.18. The fourth-order valence-electron chi connectivity index (χ4n) is 4.23. The molecule has 0 aromatic carbocycles. The molecule has 0 spiro atoms. The van der Waals surface area contributed by atoms with E-state index in [1.54, 1.807) is 17.6 Å². The number of hydrogen-bond donors (Lipinski definition) is 1. The fourth-order valence-corrected chi connectivity index (χ4v) is 5.52. The summed E-state index contributed by atoms with van der Waals surface area (Å²) in [7, 11) is 0. The van der Waals surface area contributed by atoms with Crippen molar-refractivity contribution in [3.05, 3.63) is 31.9 Å². The molecule has 176 valence electrons. The Morgan fingerprint density at radius 1 is 1.24 bits per heavy atom. The summed E-state index contributed by atoms with van der Waals surface area (Å²) in [6.45, 7) is 6.09. The summed E-state index contributed by atoms with van der Waals surface area (Å²) in [5, 5.41) is 18.6. The molecule has 3 heterocycles. The SMILES string of the molecule is CCCn1c(N2CCCCC2)c(/C=C2\SC(=S)N(CCCC(=O)O)C2=O)c(C)c(C#N)c1=O. The van der Waals surface area contributed by atoms with Crippen molar-refractivity contribution in [1.82, 2.24) is 9.47 Å². The maximum Gasteiger partial charge on any atom is 0.303 e. The number of nitrogens with zero attached hydrogens (tertiary/aromatic N) is 4. The Balaban J connectivity index is 2.10. The Morgan fingerprint density at radius 2 is 1.94 bits per heavy atom. The van der Waals surface area contributed by atoms with Crippen LogP contribution in [0.4, 0.5) is 5.82 Å². The van der Waals surface area contributed by atoms with Gasteiger partial charge in [0.15, 0.2) is 0 Å². The van der Waals surface area contributed by atoms with Crippen molar-refractivity contribution in [3.8, 4) is 6.07 Å². The first kappa shape index (κ1) is 25.0. The van der Waals surface area contributed by atoms with Crippen molar-refractivity contribution >= 4 is 52.1 Å². The van der Waals surface area contributed by atoms with Crippen LogP contribution in [-0.2, 0) is 16.1 Å². The summed E-state index contributed by atoms with van der Waals surface area (Å²) in [4.78, 5) is 41.1. The number of carbonyl (C=O) groups excluding carboxylic acids is 1. The number of hydrogen-bond acceptors (Lipinski definition) is 7. The number of rotatable bonds is 8. The van der Waals surface area contributed by atoms with E-state index in [4.69, 9.17) is 17.3 Å². The van der Waals surface area contributed by atoms with Crippen LogP contribution in [0, 0.1) is 18.3 Å². The van der Waals surface area contributed by atoms with Gasteiger partial charge < -0.3 is 10.0 Å². The standard InChI is InChI=1S/C23H28N4O4S2/c1-3-9-26-20(25-10-5-4-6-11-25)16(15(2)17(14-24)21(26)30)13-18-22(31)27(23(32)33-18)12-7-8-19(28)29/h13H,3-12H2,1-2H3,(H,28,29)/b18-13-. The van der Waals surface area contributed by atoms with E-state index in [9.17, 15) is 19.6 Å². The molecule has 2 aliphatic heterocycles. The Bertz CT molecular complexity index is 1100. The van der Waals surface area contributed by atoms with Gasteiger partial charge >= 0.3 is 5.97 Å². The molecule has 2 aliphatic rings.